The number of oxazole rings is 1. The minimum atomic E-state index is -0.134. The van der Waals surface area contributed by atoms with Crippen molar-refractivity contribution in [3.05, 3.63) is 35.7 Å². The molecule has 1 heterocycles. The van der Waals surface area contributed by atoms with Gasteiger partial charge in [-0.05, 0) is 25.5 Å². The van der Waals surface area contributed by atoms with Crippen LogP contribution in [0.4, 0.5) is 0 Å². The van der Waals surface area contributed by atoms with Crippen LogP contribution in [-0.4, -0.2) is 37.0 Å². The number of nitrogens with one attached hydrogen (secondary N) is 2. The molecule has 2 rings (SSSR count). The quantitative estimate of drug-likeness (QED) is 0.712. The first kappa shape index (κ1) is 18.5. The Kier molecular flexibility index (Phi) is 6.56. The van der Waals surface area contributed by atoms with Gasteiger partial charge in [-0.1, -0.05) is 12.1 Å². The molecule has 0 bridgehead atoms. The van der Waals surface area contributed by atoms with Gasteiger partial charge in [0.2, 0.25) is 17.7 Å². The van der Waals surface area contributed by atoms with Gasteiger partial charge in [0.05, 0.1) is 24.8 Å². The van der Waals surface area contributed by atoms with Crippen LogP contribution >= 0.6 is 0 Å². The Morgan fingerprint density at radius 2 is 1.92 bits per heavy atom. The third kappa shape index (κ3) is 5.34. The number of carbonyl (C=O) groups is 2. The van der Waals surface area contributed by atoms with Crippen molar-refractivity contribution in [1.29, 1.82) is 0 Å². The summed E-state index contributed by atoms with van der Waals surface area (Å²) in [5.74, 6) is 1.50. The summed E-state index contributed by atoms with van der Waals surface area (Å²) < 4.78 is 11.0. The highest BCUT2D eigenvalue weighted by Crippen LogP contribution is 2.30. The third-order valence-corrected chi connectivity index (χ3v) is 3.61. The zero-order chi connectivity index (χ0) is 18.2. The van der Waals surface area contributed by atoms with Crippen molar-refractivity contribution >= 4 is 11.8 Å². The standard InChI is InChI=1S/C18H23N3O4/c1-12-15(11-17(23)20-10-6-9-19-13(2)22)21-18(25-12)14-7-4-5-8-16(14)24-3/h4-5,7-8H,6,9-11H2,1-3H3,(H,19,22)(H,20,23). The van der Waals surface area contributed by atoms with Crippen molar-refractivity contribution in [2.24, 2.45) is 0 Å². The number of benzene rings is 1. The van der Waals surface area contributed by atoms with E-state index in [9.17, 15) is 9.59 Å². The monoisotopic (exact) mass is 345 g/mol. The van der Waals surface area contributed by atoms with Gasteiger partial charge in [-0.15, -0.1) is 0 Å². The maximum atomic E-state index is 12.0. The van der Waals surface area contributed by atoms with Gasteiger partial charge in [0.15, 0.2) is 0 Å². The summed E-state index contributed by atoms with van der Waals surface area (Å²) in [6.07, 6.45) is 0.820. The molecule has 0 saturated carbocycles. The van der Waals surface area contributed by atoms with Gasteiger partial charge < -0.3 is 19.8 Å². The summed E-state index contributed by atoms with van der Waals surface area (Å²) in [5, 5.41) is 5.49. The molecule has 0 unspecified atom stereocenters. The highest BCUT2D eigenvalue weighted by molar-refractivity contribution is 5.78. The Morgan fingerprint density at radius 3 is 2.64 bits per heavy atom. The zero-order valence-corrected chi connectivity index (χ0v) is 14.7. The van der Waals surface area contributed by atoms with Gasteiger partial charge in [0, 0.05) is 20.0 Å². The van der Waals surface area contributed by atoms with Crippen LogP contribution in [0.25, 0.3) is 11.5 Å². The van der Waals surface area contributed by atoms with Crippen LogP contribution in [0.2, 0.25) is 0 Å². The highest BCUT2D eigenvalue weighted by Gasteiger charge is 2.16. The fourth-order valence-electron chi connectivity index (χ4n) is 2.32. The number of para-hydroxylation sites is 1. The molecule has 2 N–H and O–H groups in total. The second kappa shape index (κ2) is 8.86. The van der Waals surface area contributed by atoms with Gasteiger partial charge in [0.25, 0.3) is 0 Å². The summed E-state index contributed by atoms with van der Waals surface area (Å²) in [4.78, 5) is 27.2. The van der Waals surface area contributed by atoms with Crippen molar-refractivity contribution < 1.29 is 18.7 Å². The topological polar surface area (TPSA) is 93.5 Å². The van der Waals surface area contributed by atoms with Crippen LogP contribution in [0.3, 0.4) is 0 Å². The van der Waals surface area contributed by atoms with E-state index in [0.29, 0.717) is 42.6 Å². The number of aryl methyl sites for hydroxylation is 1. The molecule has 1 aromatic heterocycles. The van der Waals surface area contributed by atoms with Gasteiger partial charge >= 0.3 is 0 Å². The Morgan fingerprint density at radius 1 is 1.20 bits per heavy atom. The second-order valence-corrected chi connectivity index (χ2v) is 5.59. The molecule has 0 spiro atoms. The van der Waals surface area contributed by atoms with Crippen LogP contribution < -0.4 is 15.4 Å². The summed E-state index contributed by atoms with van der Waals surface area (Å²) in [7, 11) is 1.59. The van der Waals surface area contributed by atoms with Crippen LogP contribution in [0, 0.1) is 6.92 Å². The number of nitrogens with zero attached hydrogens (tertiary/aromatic N) is 1. The Bertz CT molecular complexity index is 740. The predicted octanol–water partition coefficient (Wildman–Crippen LogP) is 1.84. The first-order valence-corrected chi connectivity index (χ1v) is 8.12. The predicted molar refractivity (Wildman–Crippen MR) is 93.2 cm³/mol. The van der Waals surface area contributed by atoms with E-state index in [4.69, 9.17) is 9.15 Å². The molecule has 0 aliphatic carbocycles. The van der Waals surface area contributed by atoms with E-state index >= 15 is 0 Å². The fourth-order valence-corrected chi connectivity index (χ4v) is 2.32. The van der Waals surface area contributed by atoms with Crippen molar-refractivity contribution in [3.63, 3.8) is 0 Å². The van der Waals surface area contributed by atoms with E-state index in [1.807, 2.05) is 24.3 Å². The van der Waals surface area contributed by atoms with E-state index in [2.05, 4.69) is 15.6 Å². The molecule has 0 saturated heterocycles. The Balaban J connectivity index is 1.94. The lowest BCUT2D eigenvalue weighted by molar-refractivity contribution is -0.120. The molecule has 2 aromatic rings. The van der Waals surface area contributed by atoms with Crippen molar-refractivity contribution in [3.8, 4) is 17.2 Å². The van der Waals surface area contributed by atoms with E-state index in [1.165, 1.54) is 6.92 Å². The SMILES string of the molecule is COc1ccccc1-c1nc(CC(=O)NCCCNC(C)=O)c(C)o1. The van der Waals surface area contributed by atoms with E-state index in [1.54, 1.807) is 14.0 Å². The molecule has 0 aliphatic heterocycles. The average molecular weight is 345 g/mol. The molecule has 0 atom stereocenters. The van der Waals surface area contributed by atoms with Gasteiger partial charge in [-0.25, -0.2) is 4.98 Å². The van der Waals surface area contributed by atoms with E-state index in [-0.39, 0.29) is 18.2 Å². The average Bonchev–Trinajstić information content (AvgIpc) is 2.94. The van der Waals surface area contributed by atoms with Crippen molar-refractivity contribution in [1.82, 2.24) is 15.6 Å². The molecule has 2 amide bonds. The molecule has 25 heavy (non-hydrogen) atoms. The third-order valence-electron chi connectivity index (χ3n) is 3.61. The smallest absolute Gasteiger partial charge is 0.230 e. The largest absolute Gasteiger partial charge is 0.496 e. The van der Waals surface area contributed by atoms with E-state index < -0.39 is 0 Å². The van der Waals surface area contributed by atoms with Gasteiger partial charge in [0.1, 0.15) is 11.5 Å². The van der Waals surface area contributed by atoms with Crippen LogP contribution in [0.5, 0.6) is 5.75 Å². The van der Waals surface area contributed by atoms with Crippen LogP contribution in [-0.2, 0) is 16.0 Å². The first-order chi connectivity index (χ1) is 12.0. The Labute approximate surface area is 146 Å². The van der Waals surface area contributed by atoms with Crippen molar-refractivity contribution in [2.45, 2.75) is 26.7 Å². The van der Waals surface area contributed by atoms with E-state index in [0.717, 1.165) is 5.56 Å². The molecule has 134 valence electrons. The first-order valence-electron chi connectivity index (χ1n) is 8.12. The lowest BCUT2D eigenvalue weighted by Crippen LogP contribution is -2.29. The zero-order valence-electron chi connectivity index (χ0n) is 14.7. The molecule has 7 nitrogen and oxygen atoms in total. The molecular formula is C18H23N3O4. The number of rotatable bonds is 8. The highest BCUT2D eigenvalue weighted by atomic mass is 16.5. The number of hydrogen-bond donors (Lipinski definition) is 2. The summed E-state index contributed by atoms with van der Waals surface area (Å²) >= 11 is 0. The fraction of sp³-hybridized carbons (Fsp3) is 0.389. The lowest BCUT2D eigenvalue weighted by Gasteiger charge is -2.05. The molecule has 0 fully saturated rings. The molecule has 1 aromatic carbocycles. The number of ether oxygens (including phenoxy) is 1. The maximum absolute atomic E-state index is 12.0. The summed E-state index contributed by atoms with van der Waals surface area (Å²) in [5.41, 5.74) is 1.34. The number of aromatic nitrogens is 1. The minimum absolute atomic E-state index is 0.0755. The Hall–Kier alpha value is -2.83. The molecule has 7 heteroatoms. The number of methoxy groups -OCH3 is 1. The summed E-state index contributed by atoms with van der Waals surface area (Å²) in [6, 6.07) is 7.43. The maximum Gasteiger partial charge on any atom is 0.230 e. The van der Waals surface area contributed by atoms with Gasteiger partial charge in [-0.3, -0.25) is 9.59 Å². The summed E-state index contributed by atoms with van der Waals surface area (Å²) in [6.45, 7) is 4.28. The van der Waals surface area contributed by atoms with Crippen molar-refractivity contribution in [2.75, 3.05) is 20.2 Å². The number of carbonyl (C=O) groups excluding carboxylic acids is 2. The second-order valence-electron chi connectivity index (χ2n) is 5.59. The van der Waals surface area contributed by atoms with Crippen LogP contribution in [0.1, 0.15) is 24.8 Å². The minimum Gasteiger partial charge on any atom is -0.496 e. The van der Waals surface area contributed by atoms with Gasteiger partial charge in [-0.2, -0.15) is 0 Å². The molecule has 0 aliphatic rings. The molecule has 0 radical (unpaired) electrons. The normalized spacial score (nSPS) is 10.4. The number of amides is 2. The van der Waals surface area contributed by atoms with Crippen LogP contribution in [0.15, 0.2) is 28.7 Å². The molecular weight excluding hydrogens is 322 g/mol. The number of hydrogen-bond acceptors (Lipinski definition) is 5. The lowest BCUT2D eigenvalue weighted by atomic mass is 10.2.